The van der Waals surface area contributed by atoms with Crippen molar-refractivity contribution in [2.75, 3.05) is 51.3 Å². The molecule has 2 heterocycles. The fourth-order valence-corrected chi connectivity index (χ4v) is 3.92. The fourth-order valence-electron chi connectivity index (χ4n) is 3.92. The number of hydrogen-bond donors (Lipinski definition) is 1. The van der Waals surface area contributed by atoms with Crippen LogP contribution in [0.4, 0.5) is 5.69 Å². The van der Waals surface area contributed by atoms with E-state index in [1.54, 1.807) is 7.11 Å². The lowest BCUT2D eigenvalue weighted by Crippen LogP contribution is -2.52. The molecular weight excluding hydrogens is 366 g/mol. The lowest BCUT2D eigenvalue weighted by molar-refractivity contribution is 0.371. The number of piperazine rings is 1. The standard InChI is InChI=1S/C22H33N5O2/c1-6-23-22(24-15-16(2)21-17(3)25-29-18(21)4)27-12-10-26(11-13-27)19-8-7-9-20(14-19)28-5/h7-9,14,16H,6,10-13,15H2,1-5H3,(H,23,24). The Bertz CT molecular complexity index is 805. The van der Waals surface area contributed by atoms with Crippen molar-refractivity contribution in [1.29, 1.82) is 0 Å². The largest absolute Gasteiger partial charge is 0.497 e. The summed E-state index contributed by atoms with van der Waals surface area (Å²) in [5, 5.41) is 7.53. The zero-order valence-electron chi connectivity index (χ0n) is 18.2. The molecule has 0 spiro atoms. The molecule has 29 heavy (non-hydrogen) atoms. The molecule has 1 aromatic carbocycles. The Balaban J connectivity index is 1.63. The van der Waals surface area contributed by atoms with Crippen molar-refractivity contribution in [3.63, 3.8) is 0 Å². The first-order valence-electron chi connectivity index (χ1n) is 10.4. The average Bonchev–Trinajstić information content (AvgIpc) is 3.09. The molecule has 1 aliphatic rings. The van der Waals surface area contributed by atoms with E-state index >= 15 is 0 Å². The lowest BCUT2D eigenvalue weighted by atomic mass is 10.00. The summed E-state index contributed by atoms with van der Waals surface area (Å²) >= 11 is 0. The van der Waals surface area contributed by atoms with Crippen molar-refractivity contribution in [3.05, 3.63) is 41.3 Å². The number of aromatic nitrogens is 1. The Labute approximate surface area is 173 Å². The van der Waals surface area contributed by atoms with Gasteiger partial charge in [-0.2, -0.15) is 0 Å². The van der Waals surface area contributed by atoms with Crippen molar-refractivity contribution in [1.82, 2.24) is 15.4 Å². The van der Waals surface area contributed by atoms with Crippen LogP contribution in [-0.4, -0.2) is 62.4 Å². The Morgan fingerprint density at radius 1 is 1.28 bits per heavy atom. The van der Waals surface area contributed by atoms with Crippen LogP contribution in [0.15, 0.2) is 33.8 Å². The quantitative estimate of drug-likeness (QED) is 0.594. The summed E-state index contributed by atoms with van der Waals surface area (Å²) < 4.78 is 10.7. The maximum absolute atomic E-state index is 5.36. The molecule has 1 N–H and O–H groups in total. The van der Waals surface area contributed by atoms with Crippen LogP contribution >= 0.6 is 0 Å². The second kappa shape index (κ2) is 9.67. The Morgan fingerprint density at radius 2 is 2.03 bits per heavy atom. The van der Waals surface area contributed by atoms with Crippen molar-refractivity contribution >= 4 is 11.6 Å². The van der Waals surface area contributed by atoms with Crippen LogP contribution in [0.1, 0.15) is 36.8 Å². The number of guanidine groups is 1. The van der Waals surface area contributed by atoms with E-state index in [0.29, 0.717) is 6.54 Å². The monoisotopic (exact) mass is 399 g/mol. The molecule has 0 saturated carbocycles. The molecule has 2 aromatic rings. The van der Waals surface area contributed by atoms with Crippen molar-refractivity contribution < 1.29 is 9.26 Å². The van der Waals surface area contributed by atoms with Crippen molar-refractivity contribution in [2.45, 2.75) is 33.6 Å². The van der Waals surface area contributed by atoms with E-state index in [-0.39, 0.29) is 5.92 Å². The van der Waals surface area contributed by atoms with Gasteiger partial charge in [0.1, 0.15) is 11.5 Å². The number of aryl methyl sites for hydroxylation is 2. The molecule has 1 fully saturated rings. The van der Waals surface area contributed by atoms with Gasteiger partial charge in [-0.05, 0) is 32.9 Å². The van der Waals surface area contributed by atoms with Crippen LogP contribution in [0.25, 0.3) is 0 Å². The summed E-state index contributed by atoms with van der Waals surface area (Å²) in [6, 6.07) is 8.26. The van der Waals surface area contributed by atoms with E-state index in [0.717, 1.165) is 55.9 Å². The summed E-state index contributed by atoms with van der Waals surface area (Å²) in [6.45, 7) is 13.6. The molecule has 1 aromatic heterocycles. The topological polar surface area (TPSA) is 66.1 Å². The molecule has 0 aliphatic carbocycles. The van der Waals surface area contributed by atoms with Crippen LogP contribution in [0.5, 0.6) is 5.75 Å². The van der Waals surface area contributed by atoms with Gasteiger partial charge in [-0.25, -0.2) is 0 Å². The SMILES string of the molecule is CCNC(=NCC(C)c1c(C)noc1C)N1CCN(c2cccc(OC)c2)CC1. The van der Waals surface area contributed by atoms with Gasteiger partial charge >= 0.3 is 0 Å². The molecule has 1 aliphatic heterocycles. The molecule has 0 amide bonds. The third-order valence-electron chi connectivity index (χ3n) is 5.43. The third kappa shape index (κ3) is 5.02. The number of methoxy groups -OCH3 is 1. The Morgan fingerprint density at radius 3 is 2.66 bits per heavy atom. The van der Waals surface area contributed by atoms with E-state index in [4.69, 9.17) is 14.3 Å². The van der Waals surface area contributed by atoms with Gasteiger partial charge in [-0.1, -0.05) is 18.1 Å². The molecule has 0 radical (unpaired) electrons. The molecule has 1 saturated heterocycles. The molecule has 158 valence electrons. The number of aliphatic imine (C=N–C) groups is 1. The molecule has 7 heteroatoms. The van der Waals surface area contributed by atoms with Gasteiger partial charge in [0.05, 0.1) is 12.8 Å². The molecule has 1 unspecified atom stereocenters. The van der Waals surface area contributed by atoms with E-state index in [1.165, 1.54) is 11.3 Å². The maximum atomic E-state index is 5.36. The van der Waals surface area contributed by atoms with E-state index in [2.05, 4.69) is 46.3 Å². The number of hydrogen-bond acceptors (Lipinski definition) is 5. The summed E-state index contributed by atoms with van der Waals surface area (Å²) in [5.41, 5.74) is 3.34. The number of anilines is 1. The van der Waals surface area contributed by atoms with Gasteiger partial charge < -0.3 is 24.4 Å². The summed E-state index contributed by atoms with van der Waals surface area (Å²) in [6.07, 6.45) is 0. The fraction of sp³-hybridized carbons (Fsp3) is 0.545. The number of rotatable bonds is 6. The highest BCUT2D eigenvalue weighted by atomic mass is 16.5. The molecule has 1 atom stereocenters. The van der Waals surface area contributed by atoms with Gasteiger partial charge in [0.2, 0.25) is 0 Å². The summed E-state index contributed by atoms with van der Waals surface area (Å²) in [7, 11) is 1.71. The van der Waals surface area contributed by atoms with Crippen molar-refractivity contribution in [3.8, 4) is 5.75 Å². The third-order valence-corrected chi connectivity index (χ3v) is 5.43. The van der Waals surface area contributed by atoms with Crippen LogP contribution in [0.3, 0.4) is 0 Å². The predicted molar refractivity (Wildman–Crippen MR) is 117 cm³/mol. The highest BCUT2D eigenvalue weighted by Gasteiger charge is 2.21. The minimum atomic E-state index is 0.271. The van der Waals surface area contributed by atoms with E-state index in [1.807, 2.05) is 26.0 Å². The summed E-state index contributed by atoms with van der Waals surface area (Å²) in [4.78, 5) is 9.67. The summed E-state index contributed by atoms with van der Waals surface area (Å²) in [5.74, 6) is 3.04. The van der Waals surface area contributed by atoms with Crippen LogP contribution in [0.2, 0.25) is 0 Å². The average molecular weight is 400 g/mol. The van der Waals surface area contributed by atoms with Gasteiger partial charge in [-0.15, -0.1) is 0 Å². The van der Waals surface area contributed by atoms with Gasteiger partial charge in [0.15, 0.2) is 5.96 Å². The number of ether oxygens (including phenoxy) is 1. The highest BCUT2D eigenvalue weighted by molar-refractivity contribution is 5.80. The minimum absolute atomic E-state index is 0.271. The van der Waals surface area contributed by atoms with Crippen molar-refractivity contribution in [2.24, 2.45) is 4.99 Å². The first-order chi connectivity index (χ1) is 14.0. The number of nitrogens with one attached hydrogen (secondary N) is 1. The van der Waals surface area contributed by atoms with Crippen LogP contribution < -0.4 is 15.0 Å². The van der Waals surface area contributed by atoms with Crippen LogP contribution in [-0.2, 0) is 0 Å². The first kappa shape index (κ1) is 21.0. The number of nitrogens with zero attached hydrogens (tertiary/aromatic N) is 4. The van der Waals surface area contributed by atoms with E-state index < -0.39 is 0 Å². The zero-order valence-corrected chi connectivity index (χ0v) is 18.2. The van der Waals surface area contributed by atoms with E-state index in [9.17, 15) is 0 Å². The first-order valence-corrected chi connectivity index (χ1v) is 10.4. The second-order valence-corrected chi connectivity index (χ2v) is 7.51. The molecule has 7 nitrogen and oxygen atoms in total. The molecule has 3 rings (SSSR count). The number of benzene rings is 1. The Hall–Kier alpha value is -2.70. The molecular formula is C22H33N5O2. The highest BCUT2D eigenvalue weighted by Crippen LogP contribution is 2.24. The smallest absolute Gasteiger partial charge is 0.194 e. The normalized spacial score (nSPS) is 16.1. The van der Waals surface area contributed by atoms with Crippen LogP contribution in [0, 0.1) is 13.8 Å². The minimum Gasteiger partial charge on any atom is -0.497 e. The molecule has 0 bridgehead atoms. The van der Waals surface area contributed by atoms with Gasteiger partial charge in [0.25, 0.3) is 0 Å². The van der Waals surface area contributed by atoms with Gasteiger partial charge in [-0.3, -0.25) is 4.99 Å². The van der Waals surface area contributed by atoms with Gasteiger partial charge in [0, 0.05) is 62.5 Å². The Kier molecular flexibility index (Phi) is 7.01. The predicted octanol–water partition coefficient (Wildman–Crippen LogP) is 3.19. The second-order valence-electron chi connectivity index (χ2n) is 7.51. The zero-order chi connectivity index (χ0) is 20.8. The maximum Gasteiger partial charge on any atom is 0.194 e. The lowest BCUT2D eigenvalue weighted by Gasteiger charge is -2.38.